The fourth-order valence-electron chi connectivity index (χ4n) is 2.77. The van der Waals surface area contributed by atoms with Crippen molar-refractivity contribution in [2.75, 3.05) is 13.1 Å². The van der Waals surface area contributed by atoms with Gasteiger partial charge in [0.2, 0.25) is 0 Å². The fourth-order valence-corrected chi connectivity index (χ4v) is 4.10. The number of piperidine rings is 1. The van der Waals surface area contributed by atoms with Crippen LogP contribution in [0.2, 0.25) is 0 Å². The molecule has 2 aromatic rings. The number of halogens is 1. The number of likely N-dealkylation sites (tertiary alicyclic amines) is 1. The van der Waals surface area contributed by atoms with Crippen molar-refractivity contribution in [1.29, 1.82) is 0 Å². The van der Waals surface area contributed by atoms with Gasteiger partial charge in [0.25, 0.3) is 5.91 Å². The topological polar surface area (TPSA) is 32.3 Å². The summed E-state index contributed by atoms with van der Waals surface area (Å²) in [6.45, 7) is 3.07. The molecule has 0 unspecified atom stereocenters. The van der Waals surface area contributed by atoms with Crippen molar-refractivity contribution in [1.82, 2.24) is 10.2 Å². The summed E-state index contributed by atoms with van der Waals surface area (Å²) >= 11 is 4.87. The molecule has 1 fully saturated rings. The van der Waals surface area contributed by atoms with E-state index in [0.29, 0.717) is 6.04 Å². The Kier molecular flexibility index (Phi) is 5.28. The number of hydrogen-bond acceptors (Lipinski definition) is 3. The van der Waals surface area contributed by atoms with E-state index in [4.69, 9.17) is 0 Å². The summed E-state index contributed by atoms with van der Waals surface area (Å²) in [6.07, 6.45) is 2.04. The van der Waals surface area contributed by atoms with Gasteiger partial charge >= 0.3 is 0 Å². The lowest BCUT2D eigenvalue weighted by Gasteiger charge is -2.32. The summed E-state index contributed by atoms with van der Waals surface area (Å²) < 4.78 is 0.973. The van der Waals surface area contributed by atoms with Gasteiger partial charge in [0.15, 0.2) is 0 Å². The van der Waals surface area contributed by atoms with Gasteiger partial charge in [-0.15, -0.1) is 11.3 Å². The number of amides is 1. The molecule has 2 heterocycles. The van der Waals surface area contributed by atoms with Crippen LogP contribution in [0.15, 0.2) is 46.3 Å². The highest BCUT2D eigenvalue weighted by atomic mass is 79.9. The average molecular weight is 379 g/mol. The summed E-state index contributed by atoms with van der Waals surface area (Å²) in [5.41, 5.74) is 1.36. The number of benzene rings is 1. The van der Waals surface area contributed by atoms with Crippen molar-refractivity contribution < 1.29 is 4.79 Å². The number of carbonyl (C=O) groups is 1. The van der Waals surface area contributed by atoms with E-state index >= 15 is 0 Å². The van der Waals surface area contributed by atoms with Gasteiger partial charge in [0.1, 0.15) is 0 Å². The van der Waals surface area contributed by atoms with Crippen molar-refractivity contribution in [3.63, 3.8) is 0 Å². The molecule has 22 heavy (non-hydrogen) atoms. The summed E-state index contributed by atoms with van der Waals surface area (Å²) in [5, 5.41) is 5.10. The standard InChI is InChI=1S/C17H19BrN2OS/c18-14-10-16(22-12-14)17(21)19-15-6-8-20(9-7-15)11-13-4-2-1-3-5-13/h1-5,10,12,15H,6-9,11H2,(H,19,21). The Bertz CT molecular complexity index is 621. The lowest BCUT2D eigenvalue weighted by molar-refractivity contribution is 0.0913. The van der Waals surface area contributed by atoms with Crippen molar-refractivity contribution in [2.24, 2.45) is 0 Å². The molecule has 0 atom stereocenters. The largest absolute Gasteiger partial charge is 0.349 e. The van der Waals surface area contributed by atoms with E-state index in [1.807, 2.05) is 17.5 Å². The molecular formula is C17H19BrN2OS. The van der Waals surface area contributed by atoms with E-state index in [2.05, 4.69) is 50.4 Å². The number of hydrogen-bond donors (Lipinski definition) is 1. The first-order valence-corrected chi connectivity index (χ1v) is 9.19. The Morgan fingerprint density at radius 2 is 2.00 bits per heavy atom. The molecule has 1 aliphatic heterocycles. The number of carbonyl (C=O) groups excluding carboxylic acids is 1. The van der Waals surface area contributed by atoms with Gasteiger partial charge in [-0.25, -0.2) is 0 Å². The lowest BCUT2D eigenvalue weighted by Crippen LogP contribution is -2.44. The molecule has 3 nitrogen and oxygen atoms in total. The van der Waals surface area contributed by atoms with Gasteiger partial charge < -0.3 is 5.32 Å². The maximum atomic E-state index is 12.2. The monoisotopic (exact) mass is 378 g/mol. The molecule has 1 amide bonds. The molecule has 0 radical (unpaired) electrons. The Morgan fingerprint density at radius 1 is 1.27 bits per heavy atom. The Balaban J connectivity index is 1.46. The number of nitrogens with one attached hydrogen (secondary N) is 1. The smallest absolute Gasteiger partial charge is 0.261 e. The third-order valence-corrected chi connectivity index (χ3v) is 5.65. The first-order valence-electron chi connectivity index (χ1n) is 7.52. The van der Waals surface area contributed by atoms with Crippen LogP contribution in [-0.4, -0.2) is 29.9 Å². The van der Waals surface area contributed by atoms with Crippen LogP contribution in [0.5, 0.6) is 0 Å². The van der Waals surface area contributed by atoms with Gasteiger partial charge in [0.05, 0.1) is 4.88 Å². The van der Waals surface area contributed by atoms with Crippen LogP contribution in [-0.2, 0) is 6.54 Å². The first-order chi connectivity index (χ1) is 10.7. The van der Waals surface area contributed by atoms with E-state index < -0.39 is 0 Å². The third-order valence-electron chi connectivity index (χ3n) is 3.96. The Labute approximate surface area is 143 Å². The van der Waals surface area contributed by atoms with Crippen LogP contribution < -0.4 is 5.32 Å². The summed E-state index contributed by atoms with van der Waals surface area (Å²) in [7, 11) is 0. The highest BCUT2D eigenvalue weighted by molar-refractivity contribution is 9.10. The number of thiophene rings is 1. The minimum Gasteiger partial charge on any atom is -0.349 e. The van der Waals surface area contributed by atoms with Crippen molar-refractivity contribution in [2.45, 2.75) is 25.4 Å². The molecular weight excluding hydrogens is 360 g/mol. The van der Waals surface area contributed by atoms with Gasteiger partial charge in [-0.2, -0.15) is 0 Å². The Hall–Kier alpha value is -1.17. The Morgan fingerprint density at radius 3 is 2.64 bits per heavy atom. The van der Waals surface area contributed by atoms with Crippen LogP contribution in [0, 0.1) is 0 Å². The normalized spacial score (nSPS) is 16.6. The molecule has 1 aromatic carbocycles. The maximum Gasteiger partial charge on any atom is 0.261 e. The first kappa shape index (κ1) is 15.7. The van der Waals surface area contributed by atoms with E-state index in [1.165, 1.54) is 16.9 Å². The number of rotatable bonds is 4. The van der Waals surface area contributed by atoms with Crippen LogP contribution in [0.3, 0.4) is 0 Å². The van der Waals surface area contributed by atoms with Crippen LogP contribution >= 0.6 is 27.3 Å². The molecule has 1 N–H and O–H groups in total. The van der Waals surface area contributed by atoms with Crippen molar-refractivity contribution >= 4 is 33.2 Å². The highest BCUT2D eigenvalue weighted by Gasteiger charge is 2.21. The van der Waals surface area contributed by atoms with Gasteiger partial charge in [-0.3, -0.25) is 9.69 Å². The molecule has 0 spiro atoms. The predicted octanol–water partition coefficient (Wildman–Crippen LogP) is 3.91. The van der Waals surface area contributed by atoms with E-state index in [0.717, 1.165) is 41.8 Å². The van der Waals surface area contributed by atoms with E-state index in [-0.39, 0.29) is 5.91 Å². The summed E-state index contributed by atoms with van der Waals surface area (Å²) in [4.78, 5) is 15.4. The van der Waals surface area contributed by atoms with Gasteiger partial charge in [0, 0.05) is 35.5 Å². The molecule has 0 aliphatic carbocycles. The highest BCUT2D eigenvalue weighted by Crippen LogP contribution is 2.20. The molecule has 3 rings (SSSR count). The zero-order valence-corrected chi connectivity index (χ0v) is 14.7. The molecule has 1 aromatic heterocycles. The zero-order chi connectivity index (χ0) is 15.4. The predicted molar refractivity (Wildman–Crippen MR) is 94.2 cm³/mol. The molecule has 116 valence electrons. The van der Waals surface area contributed by atoms with Crippen LogP contribution in [0.25, 0.3) is 0 Å². The molecule has 0 bridgehead atoms. The van der Waals surface area contributed by atoms with Crippen molar-refractivity contribution in [3.8, 4) is 0 Å². The molecule has 0 saturated carbocycles. The van der Waals surface area contributed by atoms with Crippen LogP contribution in [0.4, 0.5) is 0 Å². The van der Waals surface area contributed by atoms with E-state index in [9.17, 15) is 4.79 Å². The molecule has 1 saturated heterocycles. The fraction of sp³-hybridized carbons (Fsp3) is 0.353. The zero-order valence-electron chi connectivity index (χ0n) is 12.3. The molecule has 5 heteroatoms. The average Bonchev–Trinajstić information content (AvgIpc) is 2.97. The van der Waals surface area contributed by atoms with Gasteiger partial charge in [-0.05, 0) is 40.4 Å². The molecule has 1 aliphatic rings. The SMILES string of the molecule is O=C(NC1CCN(Cc2ccccc2)CC1)c1cc(Br)cs1. The minimum atomic E-state index is 0.0530. The lowest BCUT2D eigenvalue weighted by atomic mass is 10.0. The summed E-state index contributed by atoms with van der Waals surface area (Å²) in [6, 6.07) is 12.7. The maximum absolute atomic E-state index is 12.2. The summed E-state index contributed by atoms with van der Waals surface area (Å²) in [5.74, 6) is 0.0530. The van der Waals surface area contributed by atoms with Crippen LogP contribution in [0.1, 0.15) is 28.1 Å². The second-order valence-corrected chi connectivity index (χ2v) is 7.47. The quantitative estimate of drug-likeness (QED) is 0.874. The number of nitrogens with zero attached hydrogens (tertiary/aromatic N) is 1. The second kappa shape index (κ2) is 7.40. The van der Waals surface area contributed by atoms with Gasteiger partial charge in [-0.1, -0.05) is 30.3 Å². The third kappa shape index (κ3) is 4.18. The van der Waals surface area contributed by atoms with Crippen molar-refractivity contribution in [3.05, 3.63) is 56.7 Å². The second-order valence-electron chi connectivity index (χ2n) is 5.64. The minimum absolute atomic E-state index is 0.0530. The van der Waals surface area contributed by atoms with E-state index in [1.54, 1.807) is 0 Å².